The Kier molecular flexibility index (Phi) is 5.97. The number of nitrogens with one attached hydrogen (secondary N) is 2. The molecule has 0 aliphatic rings. The Morgan fingerprint density at radius 2 is 2.00 bits per heavy atom. The lowest BCUT2D eigenvalue weighted by atomic mass is 10.00. The first-order chi connectivity index (χ1) is 13.7. The Morgan fingerprint density at radius 1 is 1.28 bits per heavy atom. The summed E-state index contributed by atoms with van der Waals surface area (Å²) in [5, 5.41) is 19.6. The van der Waals surface area contributed by atoms with Gasteiger partial charge in [0.25, 0.3) is 11.7 Å². The van der Waals surface area contributed by atoms with Gasteiger partial charge >= 0.3 is 6.03 Å². The van der Waals surface area contributed by atoms with Crippen molar-refractivity contribution in [2.45, 2.75) is 45.3 Å². The molecule has 1 atom stereocenters. The van der Waals surface area contributed by atoms with Crippen LogP contribution in [0.2, 0.25) is 0 Å². The summed E-state index contributed by atoms with van der Waals surface area (Å²) in [4.78, 5) is 20.7. The second-order valence-electron chi connectivity index (χ2n) is 7.56. The number of nitrogens with zero attached hydrogens (tertiary/aromatic N) is 4. The van der Waals surface area contributed by atoms with Crippen molar-refractivity contribution in [2.24, 2.45) is 0 Å². The minimum Gasteiger partial charge on any atom is -0.497 e. The van der Waals surface area contributed by atoms with Crippen molar-refractivity contribution < 1.29 is 14.6 Å². The second-order valence-corrected chi connectivity index (χ2v) is 7.56. The molecule has 0 aliphatic heterocycles. The van der Waals surface area contributed by atoms with Crippen molar-refractivity contribution in [1.29, 1.82) is 0 Å². The van der Waals surface area contributed by atoms with Gasteiger partial charge in [0.05, 0.1) is 18.4 Å². The number of hydrogen-bond acceptors (Lipinski definition) is 6. The Labute approximate surface area is 169 Å². The average molecular weight is 398 g/mol. The van der Waals surface area contributed by atoms with E-state index >= 15 is 0 Å². The fourth-order valence-corrected chi connectivity index (χ4v) is 2.83. The van der Waals surface area contributed by atoms with E-state index in [1.165, 1.54) is 0 Å². The molecule has 154 valence electrons. The molecule has 0 fully saturated rings. The molecule has 0 spiro atoms. The van der Waals surface area contributed by atoms with Gasteiger partial charge in [-0.05, 0) is 63.9 Å². The van der Waals surface area contributed by atoms with Gasteiger partial charge in [-0.25, -0.2) is 9.78 Å². The lowest BCUT2D eigenvalue weighted by molar-refractivity contribution is 0.0663. The van der Waals surface area contributed by atoms with E-state index in [0.29, 0.717) is 18.6 Å². The minimum absolute atomic E-state index is 0.105. The number of amides is 2. The number of methoxy groups -OCH3 is 1. The van der Waals surface area contributed by atoms with Crippen LogP contribution in [0.5, 0.6) is 5.75 Å². The molecule has 0 unspecified atom stereocenters. The highest BCUT2D eigenvalue weighted by molar-refractivity contribution is 5.87. The zero-order valence-corrected chi connectivity index (χ0v) is 17.0. The van der Waals surface area contributed by atoms with E-state index in [0.717, 1.165) is 17.0 Å². The van der Waals surface area contributed by atoms with Crippen molar-refractivity contribution in [3.05, 3.63) is 36.5 Å². The number of rotatable bonds is 7. The fourth-order valence-electron chi connectivity index (χ4n) is 2.83. The zero-order valence-electron chi connectivity index (χ0n) is 17.0. The van der Waals surface area contributed by atoms with Crippen LogP contribution in [0.15, 0.2) is 36.5 Å². The van der Waals surface area contributed by atoms with Crippen molar-refractivity contribution in [1.82, 2.24) is 24.9 Å². The van der Waals surface area contributed by atoms with Crippen molar-refractivity contribution in [3.63, 3.8) is 0 Å². The van der Waals surface area contributed by atoms with Crippen LogP contribution < -0.4 is 15.4 Å². The Morgan fingerprint density at radius 3 is 2.66 bits per heavy atom. The molecule has 9 nitrogen and oxygen atoms in total. The van der Waals surface area contributed by atoms with Crippen LogP contribution in [-0.4, -0.2) is 49.5 Å². The number of anilines is 1. The molecule has 0 radical (unpaired) electrons. The van der Waals surface area contributed by atoms with Crippen LogP contribution in [0.3, 0.4) is 0 Å². The van der Waals surface area contributed by atoms with Crippen LogP contribution in [0.4, 0.5) is 10.7 Å². The molecule has 0 saturated heterocycles. The van der Waals surface area contributed by atoms with Crippen LogP contribution in [0.25, 0.3) is 17.0 Å². The highest BCUT2D eigenvalue weighted by Gasteiger charge is 2.17. The second kappa shape index (κ2) is 8.44. The molecular weight excluding hydrogens is 372 g/mol. The number of carbonyl (C=O) groups excluding carboxylic acids is 1. The molecule has 0 bridgehead atoms. The SMILES string of the molecule is COc1ccc(-c2ccnc3nc(NC(=O)N[C@@H](C)CCC(C)(C)O)nn23)cc1. The molecule has 9 heteroatoms. The summed E-state index contributed by atoms with van der Waals surface area (Å²) in [5.41, 5.74) is 0.940. The van der Waals surface area contributed by atoms with Crippen molar-refractivity contribution in [2.75, 3.05) is 12.4 Å². The van der Waals surface area contributed by atoms with Gasteiger partial charge < -0.3 is 15.2 Å². The molecule has 1 aromatic carbocycles. The Hall–Kier alpha value is -3.20. The predicted molar refractivity (Wildman–Crippen MR) is 110 cm³/mol. The highest BCUT2D eigenvalue weighted by atomic mass is 16.5. The van der Waals surface area contributed by atoms with E-state index in [2.05, 4.69) is 25.7 Å². The number of urea groups is 1. The van der Waals surface area contributed by atoms with E-state index in [4.69, 9.17) is 4.74 Å². The molecule has 29 heavy (non-hydrogen) atoms. The minimum atomic E-state index is -0.765. The fraction of sp³-hybridized carbons (Fsp3) is 0.400. The molecule has 2 aromatic heterocycles. The summed E-state index contributed by atoms with van der Waals surface area (Å²) >= 11 is 0. The number of hydrogen-bond donors (Lipinski definition) is 3. The van der Waals surface area contributed by atoms with Gasteiger partial charge in [0.1, 0.15) is 5.75 Å². The van der Waals surface area contributed by atoms with Crippen molar-refractivity contribution in [3.8, 4) is 17.0 Å². The smallest absolute Gasteiger partial charge is 0.321 e. The number of benzene rings is 1. The number of aliphatic hydroxyl groups is 1. The predicted octanol–water partition coefficient (Wildman–Crippen LogP) is 2.86. The zero-order chi connectivity index (χ0) is 21.0. The number of fused-ring (bicyclic) bond motifs is 1. The van der Waals surface area contributed by atoms with Crippen LogP contribution in [0.1, 0.15) is 33.6 Å². The summed E-state index contributed by atoms with van der Waals surface area (Å²) in [6.07, 6.45) is 2.88. The number of ether oxygens (including phenoxy) is 1. The lowest BCUT2D eigenvalue weighted by Crippen LogP contribution is -2.37. The normalized spacial score (nSPS) is 12.6. The first kappa shape index (κ1) is 20.5. The van der Waals surface area contributed by atoms with Gasteiger partial charge in [0, 0.05) is 17.8 Å². The van der Waals surface area contributed by atoms with E-state index in [1.54, 1.807) is 31.7 Å². The highest BCUT2D eigenvalue weighted by Crippen LogP contribution is 2.22. The molecule has 2 heterocycles. The summed E-state index contributed by atoms with van der Waals surface area (Å²) in [7, 11) is 1.62. The molecule has 2 amide bonds. The quantitative estimate of drug-likeness (QED) is 0.564. The average Bonchev–Trinajstić information content (AvgIpc) is 3.08. The summed E-state index contributed by atoms with van der Waals surface area (Å²) < 4.78 is 6.77. The third kappa shape index (κ3) is 5.41. The first-order valence-corrected chi connectivity index (χ1v) is 9.41. The third-order valence-electron chi connectivity index (χ3n) is 4.42. The monoisotopic (exact) mass is 398 g/mol. The first-order valence-electron chi connectivity index (χ1n) is 9.41. The van der Waals surface area contributed by atoms with Crippen LogP contribution in [-0.2, 0) is 0 Å². The molecule has 0 saturated carbocycles. The van der Waals surface area contributed by atoms with Crippen molar-refractivity contribution >= 4 is 17.8 Å². The van der Waals surface area contributed by atoms with E-state index < -0.39 is 11.6 Å². The summed E-state index contributed by atoms with van der Waals surface area (Å²) in [6.45, 7) is 5.37. The van der Waals surface area contributed by atoms with Crippen LogP contribution in [0, 0.1) is 0 Å². The topological polar surface area (TPSA) is 114 Å². The maximum Gasteiger partial charge on any atom is 0.321 e. The van der Waals surface area contributed by atoms with Gasteiger partial charge in [0.15, 0.2) is 0 Å². The van der Waals surface area contributed by atoms with E-state index in [-0.39, 0.29) is 12.0 Å². The summed E-state index contributed by atoms with van der Waals surface area (Å²) in [5.74, 6) is 1.30. The molecule has 0 aliphatic carbocycles. The Bertz CT molecular complexity index is 978. The lowest BCUT2D eigenvalue weighted by Gasteiger charge is -2.20. The van der Waals surface area contributed by atoms with Gasteiger partial charge in [-0.15, -0.1) is 5.10 Å². The maximum absolute atomic E-state index is 12.2. The molecule has 3 N–H and O–H groups in total. The van der Waals surface area contributed by atoms with E-state index in [1.807, 2.05) is 37.3 Å². The molecule has 3 rings (SSSR count). The molecular formula is C20H26N6O3. The van der Waals surface area contributed by atoms with Crippen LogP contribution >= 0.6 is 0 Å². The standard InChI is InChI=1S/C20H26N6O3/c1-13(9-11-20(2,3)28)22-19(27)24-17-23-18-21-12-10-16(26(18)25-17)14-5-7-15(29-4)8-6-14/h5-8,10,12-13,28H,9,11H2,1-4H3,(H2,22,24,25,27)/t13-/m0/s1. The Balaban J connectivity index is 1.72. The van der Waals surface area contributed by atoms with Gasteiger partial charge in [-0.3, -0.25) is 5.32 Å². The van der Waals surface area contributed by atoms with E-state index in [9.17, 15) is 9.90 Å². The van der Waals surface area contributed by atoms with Gasteiger partial charge in [-0.2, -0.15) is 9.50 Å². The number of aromatic nitrogens is 4. The largest absolute Gasteiger partial charge is 0.497 e. The van der Waals surface area contributed by atoms with Gasteiger partial charge in [-0.1, -0.05) is 0 Å². The maximum atomic E-state index is 12.2. The third-order valence-corrected chi connectivity index (χ3v) is 4.42. The number of carbonyl (C=O) groups is 1. The summed E-state index contributed by atoms with van der Waals surface area (Å²) in [6, 6.07) is 8.87. The van der Waals surface area contributed by atoms with Gasteiger partial charge in [0.2, 0.25) is 0 Å². The molecule has 3 aromatic rings.